The minimum absolute atomic E-state index is 0.160. The van der Waals surface area contributed by atoms with E-state index >= 15 is 0 Å². The first-order chi connectivity index (χ1) is 8.88. The number of benzene rings is 1. The highest BCUT2D eigenvalue weighted by atomic mass is 79.9. The van der Waals surface area contributed by atoms with Crippen LogP contribution in [0.15, 0.2) is 22.7 Å². The fourth-order valence-electron chi connectivity index (χ4n) is 1.58. The van der Waals surface area contributed by atoms with Gasteiger partial charge in [0, 0.05) is 4.47 Å². The number of aliphatic carboxylic acids is 1. The molecule has 0 aliphatic carbocycles. The first-order valence-electron chi connectivity index (χ1n) is 5.86. The van der Waals surface area contributed by atoms with E-state index in [1.165, 1.54) is 0 Å². The molecule has 2 atom stereocenters. The number of amides is 1. The number of nitrogens with one attached hydrogen (secondary N) is 1. The Morgan fingerprint density at radius 3 is 2.63 bits per heavy atom. The predicted molar refractivity (Wildman–Crippen MR) is 77.5 cm³/mol. The standard InChI is InChI=1S/C13H15BrClNO3/c1-3-7(2)11(13(18)19)16-12(17)8-5-4-6-9(14)10(8)15/h4-7,11H,3H2,1-2H3,(H,16,17)(H,18,19)/t7?,11-/m0/s1. The lowest BCUT2D eigenvalue weighted by Crippen LogP contribution is -2.45. The molecule has 4 nitrogen and oxygen atoms in total. The highest BCUT2D eigenvalue weighted by molar-refractivity contribution is 9.10. The van der Waals surface area contributed by atoms with Gasteiger partial charge < -0.3 is 10.4 Å². The largest absolute Gasteiger partial charge is 0.480 e. The van der Waals surface area contributed by atoms with Gasteiger partial charge in [-0.1, -0.05) is 37.9 Å². The molecule has 0 saturated carbocycles. The molecule has 1 aromatic carbocycles. The van der Waals surface area contributed by atoms with E-state index in [0.717, 1.165) is 0 Å². The van der Waals surface area contributed by atoms with Crippen LogP contribution in [0, 0.1) is 5.92 Å². The molecule has 2 N–H and O–H groups in total. The molecule has 0 aliphatic heterocycles. The molecule has 0 saturated heterocycles. The van der Waals surface area contributed by atoms with Gasteiger partial charge in [-0.3, -0.25) is 4.79 Å². The fraction of sp³-hybridized carbons (Fsp3) is 0.385. The van der Waals surface area contributed by atoms with Crippen molar-refractivity contribution in [1.29, 1.82) is 0 Å². The summed E-state index contributed by atoms with van der Waals surface area (Å²) in [7, 11) is 0. The summed E-state index contributed by atoms with van der Waals surface area (Å²) in [6.45, 7) is 3.65. The van der Waals surface area contributed by atoms with Crippen LogP contribution < -0.4 is 5.32 Å². The predicted octanol–water partition coefficient (Wildman–Crippen LogP) is 3.33. The lowest BCUT2D eigenvalue weighted by molar-refractivity contribution is -0.140. The Bertz CT molecular complexity index is 493. The van der Waals surface area contributed by atoms with Crippen LogP contribution in [-0.2, 0) is 4.79 Å². The van der Waals surface area contributed by atoms with Crippen LogP contribution in [0.1, 0.15) is 30.6 Å². The molecular formula is C13H15BrClNO3. The Hall–Kier alpha value is -1.07. The van der Waals surface area contributed by atoms with E-state index in [1.807, 2.05) is 6.92 Å². The third-order valence-electron chi connectivity index (χ3n) is 2.96. The Kier molecular flexibility index (Phi) is 5.82. The SMILES string of the molecule is CCC(C)[C@H](NC(=O)c1cccc(Br)c1Cl)C(=O)O. The van der Waals surface area contributed by atoms with Crippen LogP contribution >= 0.6 is 27.5 Å². The quantitative estimate of drug-likeness (QED) is 0.857. The third-order valence-corrected chi connectivity index (χ3v) is 4.26. The molecule has 0 radical (unpaired) electrons. The molecule has 19 heavy (non-hydrogen) atoms. The van der Waals surface area contributed by atoms with Gasteiger partial charge in [-0.05, 0) is 34.0 Å². The number of halogens is 2. The van der Waals surface area contributed by atoms with Crippen LogP contribution in [-0.4, -0.2) is 23.0 Å². The second-order valence-corrected chi connectivity index (χ2v) is 5.51. The molecule has 1 rings (SSSR count). The summed E-state index contributed by atoms with van der Waals surface area (Å²) in [6, 6.07) is 4.01. The van der Waals surface area contributed by atoms with Gasteiger partial charge in [0.05, 0.1) is 10.6 Å². The van der Waals surface area contributed by atoms with E-state index in [1.54, 1.807) is 25.1 Å². The molecule has 1 aromatic rings. The molecule has 0 fully saturated rings. The summed E-state index contributed by atoms with van der Waals surface area (Å²) in [5.41, 5.74) is 0.255. The van der Waals surface area contributed by atoms with Crippen molar-refractivity contribution in [2.75, 3.05) is 0 Å². The number of carboxylic acid groups (broad SMARTS) is 1. The number of hydrogen-bond acceptors (Lipinski definition) is 2. The molecule has 0 spiro atoms. The summed E-state index contributed by atoms with van der Waals surface area (Å²) in [5.74, 6) is -1.69. The summed E-state index contributed by atoms with van der Waals surface area (Å²) in [5, 5.41) is 11.9. The van der Waals surface area contributed by atoms with Gasteiger partial charge in [0.2, 0.25) is 0 Å². The van der Waals surface area contributed by atoms with Gasteiger partial charge in [0.25, 0.3) is 5.91 Å². The summed E-state index contributed by atoms with van der Waals surface area (Å²) < 4.78 is 0.595. The highest BCUT2D eigenvalue weighted by Gasteiger charge is 2.26. The molecule has 104 valence electrons. The average molecular weight is 349 g/mol. The minimum Gasteiger partial charge on any atom is -0.480 e. The van der Waals surface area contributed by atoms with Crippen molar-refractivity contribution in [3.63, 3.8) is 0 Å². The van der Waals surface area contributed by atoms with Crippen molar-refractivity contribution in [2.24, 2.45) is 5.92 Å². The van der Waals surface area contributed by atoms with Crippen LogP contribution in [0.5, 0.6) is 0 Å². The zero-order valence-electron chi connectivity index (χ0n) is 10.6. The molecule has 1 amide bonds. The van der Waals surface area contributed by atoms with Crippen molar-refractivity contribution >= 4 is 39.4 Å². The van der Waals surface area contributed by atoms with Crippen molar-refractivity contribution in [2.45, 2.75) is 26.3 Å². The van der Waals surface area contributed by atoms with Crippen LogP contribution in [0.25, 0.3) is 0 Å². The van der Waals surface area contributed by atoms with Gasteiger partial charge in [0.1, 0.15) is 6.04 Å². The molecule has 0 heterocycles. The maximum atomic E-state index is 12.1. The van der Waals surface area contributed by atoms with E-state index < -0.39 is 17.9 Å². The normalized spacial score (nSPS) is 13.7. The fourth-order valence-corrected chi connectivity index (χ4v) is 2.16. The van der Waals surface area contributed by atoms with Gasteiger partial charge in [-0.15, -0.1) is 0 Å². The van der Waals surface area contributed by atoms with E-state index in [4.69, 9.17) is 16.7 Å². The lowest BCUT2D eigenvalue weighted by Gasteiger charge is -2.20. The van der Waals surface area contributed by atoms with Gasteiger partial charge in [-0.2, -0.15) is 0 Å². The van der Waals surface area contributed by atoms with Crippen LogP contribution in [0.4, 0.5) is 0 Å². The second-order valence-electron chi connectivity index (χ2n) is 4.28. The lowest BCUT2D eigenvalue weighted by atomic mass is 9.99. The topological polar surface area (TPSA) is 66.4 Å². The molecule has 1 unspecified atom stereocenters. The minimum atomic E-state index is -1.05. The summed E-state index contributed by atoms with van der Waals surface area (Å²) >= 11 is 9.23. The highest BCUT2D eigenvalue weighted by Crippen LogP contribution is 2.26. The number of rotatable bonds is 5. The Morgan fingerprint density at radius 2 is 2.11 bits per heavy atom. The van der Waals surface area contributed by atoms with Crippen LogP contribution in [0.2, 0.25) is 5.02 Å². The molecule has 0 aromatic heterocycles. The Balaban J connectivity index is 2.94. The Labute approximate surface area is 125 Å². The van der Waals surface area contributed by atoms with Crippen LogP contribution in [0.3, 0.4) is 0 Å². The number of carboxylic acids is 1. The number of carbonyl (C=O) groups is 2. The molecule has 0 aliphatic rings. The number of hydrogen-bond donors (Lipinski definition) is 2. The van der Waals surface area contributed by atoms with E-state index in [-0.39, 0.29) is 16.5 Å². The monoisotopic (exact) mass is 347 g/mol. The summed E-state index contributed by atoms with van der Waals surface area (Å²) in [6.07, 6.45) is 0.656. The first-order valence-corrected chi connectivity index (χ1v) is 7.03. The van der Waals surface area contributed by atoms with Crippen molar-refractivity contribution in [1.82, 2.24) is 5.32 Å². The molecule has 6 heteroatoms. The zero-order valence-corrected chi connectivity index (χ0v) is 13.0. The maximum absolute atomic E-state index is 12.1. The average Bonchev–Trinajstić information content (AvgIpc) is 2.37. The van der Waals surface area contributed by atoms with Crippen molar-refractivity contribution < 1.29 is 14.7 Å². The second kappa shape index (κ2) is 6.91. The smallest absolute Gasteiger partial charge is 0.326 e. The Morgan fingerprint density at radius 1 is 1.47 bits per heavy atom. The van der Waals surface area contributed by atoms with E-state index in [2.05, 4.69) is 21.2 Å². The number of carbonyl (C=O) groups excluding carboxylic acids is 1. The van der Waals surface area contributed by atoms with Gasteiger partial charge in [-0.25, -0.2) is 4.79 Å². The van der Waals surface area contributed by atoms with E-state index in [0.29, 0.717) is 10.9 Å². The van der Waals surface area contributed by atoms with Crippen molar-refractivity contribution in [3.05, 3.63) is 33.3 Å². The van der Waals surface area contributed by atoms with E-state index in [9.17, 15) is 9.59 Å². The first kappa shape index (κ1) is 16.0. The summed E-state index contributed by atoms with van der Waals surface area (Å²) in [4.78, 5) is 23.2. The maximum Gasteiger partial charge on any atom is 0.326 e. The van der Waals surface area contributed by atoms with Gasteiger partial charge >= 0.3 is 5.97 Å². The molecular weight excluding hydrogens is 334 g/mol. The van der Waals surface area contributed by atoms with Crippen molar-refractivity contribution in [3.8, 4) is 0 Å². The third kappa shape index (κ3) is 3.94. The molecule has 0 bridgehead atoms. The zero-order chi connectivity index (χ0) is 14.6. The van der Waals surface area contributed by atoms with Gasteiger partial charge in [0.15, 0.2) is 0 Å².